The van der Waals surface area contributed by atoms with E-state index < -0.39 is 0 Å². The van der Waals surface area contributed by atoms with Gasteiger partial charge in [0.25, 0.3) is 0 Å². The third-order valence-corrected chi connectivity index (χ3v) is 2.77. The Morgan fingerprint density at radius 2 is 2.17 bits per heavy atom. The van der Waals surface area contributed by atoms with Gasteiger partial charge in [-0.3, -0.25) is 0 Å². The number of aromatic nitrogens is 3. The Balaban J connectivity index is 2.21. The lowest BCUT2D eigenvalue weighted by atomic mass is 10.1. The second-order valence-corrected chi connectivity index (χ2v) is 4.67. The molecule has 0 aliphatic rings. The molecule has 0 aromatic carbocycles. The first-order valence-electron chi connectivity index (χ1n) is 6.46. The maximum Gasteiger partial charge on any atom is 0.128 e. The summed E-state index contributed by atoms with van der Waals surface area (Å²) in [6.07, 6.45) is 4.89. The van der Waals surface area contributed by atoms with Crippen LogP contribution in [0.5, 0.6) is 0 Å². The van der Waals surface area contributed by atoms with Crippen LogP contribution in [-0.4, -0.2) is 21.3 Å². The first-order chi connectivity index (χ1) is 8.70. The summed E-state index contributed by atoms with van der Waals surface area (Å²) in [5, 5.41) is 7.84. The molecule has 0 fully saturated rings. The van der Waals surface area contributed by atoms with Gasteiger partial charge in [-0.15, -0.1) is 0 Å². The number of rotatable bonds is 5. The maximum absolute atomic E-state index is 4.56. The Labute approximate surface area is 108 Å². The van der Waals surface area contributed by atoms with E-state index in [4.69, 9.17) is 0 Å². The Hall–Kier alpha value is -1.84. The molecule has 0 saturated carbocycles. The number of nitrogens with one attached hydrogen (secondary N) is 1. The van der Waals surface area contributed by atoms with Crippen molar-refractivity contribution in [2.24, 2.45) is 0 Å². The molecular formula is C14H20N4. The van der Waals surface area contributed by atoms with E-state index in [9.17, 15) is 0 Å². The lowest BCUT2D eigenvalue weighted by Crippen LogP contribution is -2.03. The molecule has 0 radical (unpaired) electrons. The van der Waals surface area contributed by atoms with Crippen molar-refractivity contribution < 1.29 is 0 Å². The standard InChI is InChI=1S/C14H20N4/c1-4-7-15-14-10-12(5-8-16-14)18-9-6-13(17-18)11(2)3/h5-6,8-11H,4,7H2,1-3H3,(H,15,16). The van der Waals surface area contributed by atoms with E-state index >= 15 is 0 Å². The third-order valence-electron chi connectivity index (χ3n) is 2.77. The zero-order chi connectivity index (χ0) is 13.0. The summed E-state index contributed by atoms with van der Waals surface area (Å²) < 4.78 is 1.90. The van der Waals surface area contributed by atoms with Crippen LogP contribution in [0.2, 0.25) is 0 Å². The summed E-state index contributed by atoms with van der Waals surface area (Å²) in [5.41, 5.74) is 2.14. The van der Waals surface area contributed by atoms with Crippen molar-refractivity contribution in [1.29, 1.82) is 0 Å². The average molecular weight is 244 g/mol. The predicted octanol–water partition coefficient (Wildman–Crippen LogP) is 3.21. The lowest BCUT2D eigenvalue weighted by Gasteiger charge is -2.06. The van der Waals surface area contributed by atoms with Gasteiger partial charge in [-0.05, 0) is 24.5 Å². The molecule has 2 heterocycles. The summed E-state index contributed by atoms with van der Waals surface area (Å²) in [7, 11) is 0. The lowest BCUT2D eigenvalue weighted by molar-refractivity contribution is 0.768. The van der Waals surface area contributed by atoms with Crippen LogP contribution in [0.25, 0.3) is 5.69 Å². The number of pyridine rings is 1. The highest BCUT2D eigenvalue weighted by atomic mass is 15.3. The van der Waals surface area contributed by atoms with Crippen molar-refractivity contribution in [2.45, 2.75) is 33.1 Å². The minimum atomic E-state index is 0.450. The molecule has 2 aromatic rings. The van der Waals surface area contributed by atoms with Crippen molar-refractivity contribution >= 4 is 5.82 Å². The Morgan fingerprint density at radius 1 is 1.33 bits per heavy atom. The number of hydrogen-bond donors (Lipinski definition) is 1. The first-order valence-corrected chi connectivity index (χ1v) is 6.46. The van der Waals surface area contributed by atoms with Gasteiger partial charge in [0, 0.05) is 25.0 Å². The minimum Gasteiger partial charge on any atom is -0.370 e. The van der Waals surface area contributed by atoms with E-state index in [0.29, 0.717) is 5.92 Å². The van der Waals surface area contributed by atoms with Crippen LogP contribution in [0.4, 0.5) is 5.82 Å². The van der Waals surface area contributed by atoms with Gasteiger partial charge in [0.2, 0.25) is 0 Å². The zero-order valence-electron chi connectivity index (χ0n) is 11.2. The molecule has 1 N–H and O–H groups in total. The summed E-state index contributed by atoms with van der Waals surface area (Å²) >= 11 is 0. The predicted molar refractivity (Wildman–Crippen MR) is 74.2 cm³/mol. The molecule has 0 unspecified atom stereocenters. The highest BCUT2D eigenvalue weighted by Crippen LogP contribution is 2.15. The molecule has 4 heteroatoms. The van der Waals surface area contributed by atoms with E-state index in [-0.39, 0.29) is 0 Å². The van der Waals surface area contributed by atoms with Crippen molar-refractivity contribution in [2.75, 3.05) is 11.9 Å². The normalized spacial score (nSPS) is 10.9. The highest BCUT2D eigenvalue weighted by Gasteiger charge is 2.05. The third kappa shape index (κ3) is 2.88. The van der Waals surface area contributed by atoms with Gasteiger partial charge in [0.15, 0.2) is 0 Å². The summed E-state index contributed by atoms with van der Waals surface area (Å²) in [4.78, 5) is 4.29. The molecular weight excluding hydrogens is 224 g/mol. The Morgan fingerprint density at radius 3 is 2.83 bits per heavy atom. The fourth-order valence-electron chi connectivity index (χ4n) is 1.70. The second-order valence-electron chi connectivity index (χ2n) is 4.67. The van der Waals surface area contributed by atoms with Gasteiger partial charge in [-0.1, -0.05) is 20.8 Å². The monoisotopic (exact) mass is 244 g/mol. The van der Waals surface area contributed by atoms with Crippen molar-refractivity contribution in [3.8, 4) is 5.69 Å². The molecule has 4 nitrogen and oxygen atoms in total. The smallest absolute Gasteiger partial charge is 0.128 e. The molecule has 0 aliphatic carbocycles. The van der Waals surface area contributed by atoms with Gasteiger partial charge in [0.05, 0.1) is 11.4 Å². The van der Waals surface area contributed by atoms with Gasteiger partial charge in [-0.2, -0.15) is 5.10 Å². The van der Waals surface area contributed by atoms with Crippen LogP contribution < -0.4 is 5.32 Å². The summed E-state index contributed by atoms with van der Waals surface area (Å²) in [5.74, 6) is 1.35. The van der Waals surface area contributed by atoms with Crippen molar-refractivity contribution in [3.05, 3.63) is 36.3 Å². The van der Waals surface area contributed by atoms with E-state index in [1.165, 1.54) is 0 Å². The molecule has 0 aliphatic heterocycles. The minimum absolute atomic E-state index is 0.450. The largest absolute Gasteiger partial charge is 0.370 e. The Kier molecular flexibility index (Phi) is 3.97. The van der Waals surface area contributed by atoms with Crippen molar-refractivity contribution in [1.82, 2.24) is 14.8 Å². The average Bonchev–Trinajstić information content (AvgIpc) is 2.86. The molecule has 0 saturated heterocycles. The molecule has 0 atom stereocenters. The zero-order valence-corrected chi connectivity index (χ0v) is 11.2. The maximum atomic E-state index is 4.56. The molecule has 0 bridgehead atoms. The molecule has 0 amide bonds. The van der Waals surface area contributed by atoms with Crippen LogP contribution in [-0.2, 0) is 0 Å². The molecule has 2 rings (SSSR count). The molecule has 2 aromatic heterocycles. The SMILES string of the molecule is CCCNc1cc(-n2ccc(C(C)C)n2)ccn1. The van der Waals surface area contributed by atoms with Crippen molar-refractivity contribution in [3.63, 3.8) is 0 Å². The second kappa shape index (κ2) is 5.67. The van der Waals surface area contributed by atoms with E-state index in [1.807, 2.05) is 29.2 Å². The number of nitrogens with zero attached hydrogens (tertiary/aromatic N) is 3. The van der Waals surface area contributed by atoms with Crippen LogP contribution >= 0.6 is 0 Å². The van der Waals surface area contributed by atoms with Gasteiger partial charge in [-0.25, -0.2) is 9.67 Å². The van der Waals surface area contributed by atoms with Crippen LogP contribution in [0.15, 0.2) is 30.6 Å². The number of hydrogen-bond acceptors (Lipinski definition) is 3. The first kappa shape index (κ1) is 12.6. The number of anilines is 1. The fraction of sp³-hybridized carbons (Fsp3) is 0.429. The van der Waals surface area contributed by atoms with Gasteiger partial charge < -0.3 is 5.32 Å². The van der Waals surface area contributed by atoms with Gasteiger partial charge in [0.1, 0.15) is 5.82 Å². The summed E-state index contributed by atoms with van der Waals surface area (Å²) in [6.45, 7) is 7.37. The summed E-state index contributed by atoms with van der Waals surface area (Å²) in [6, 6.07) is 6.05. The molecule has 0 spiro atoms. The van der Waals surface area contributed by atoms with Gasteiger partial charge >= 0.3 is 0 Å². The van der Waals surface area contributed by atoms with E-state index in [0.717, 1.165) is 30.2 Å². The fourth-order valence-corrected chi connectivity index (χ4v) is 1.70. The topological polar surface area (TPSA) is 42.7 Å². The van der Waals surface area contributed by atoms with E-state index in [1.54, 1.807) is 0 Å². The van der Waals surface area contributed by atoms with E-state index in [2.05, 4.69) is 42.2 Å². The van der Waals surface area contributed by atoms with Crippen LogP contribution in [0.1, 0.15) is 38.8 Å². The quantitative estimate of drug-likeness (QED) is 0.878. The highest BCUT2D eigenvalue weighted by molar-refractivity contribution is 5.44. The molecule has 18 heavy (non-hydrogen) atoms. The molecule has 96 valence electrons. The van der Waals surface area contributed by atoms with Crippen LogP contribution in [0, 0.1) is 0 Å². The Bertz CT molecular complexity index is 502. The van der Waals surface area contributed by atoms with Crippen LogP contribution in [0.3, 0.4) is 0 Å².